The van der Waals surface area contributed by atoms with Crippen LogP contribution in [0.3, 0.4) is 0 Å². The van der Waals surface area contributed by atoms with Crippen LogP contribution in [0.25, 0.3) is 0 Å². The standard InChI is InChI=1S/C13H14FN3OS/c1-8(11-4-3-5-19-11)17-13(18)10-6-9(14)7-16-12(10)15-2/h3-8H,1-2H3,(H,15,16)(H,17,18). The molecule has 0 aliphatic heterocycles. The first kappa shape index (κ1) is 13.5. The summed E-state index contributed by atoms with van der Waals surface area (Å²) in [7, 11) is 1.64. The molecule has 2 rings (SSSR count). The lowest BCUT2D eigenvalue weighted by molar-refractivity contribution is 0.0940. The molecule has 2 heterocycles. The van der Waals surface area contributed by atoms with Crippen molar-refractivity contribution >= 4 is 23.1 Å². The van der Waals surface area contributed by atoms with Crippen molar-refractivity contribution in [2.45, 2.75) is 13.0 Å². The number of carbonyl (C=O) groups excluding carboxylic acids is 1. The fourth-order valence-corrected chi connectivity index (χ4v) is 2.43. The smallest absolute Gasteiger partial charge is 0.255 e. The van der Waals surface area contributed by atoms with Crippen molar-refractivity contribution in [2.75, 3.05) is 12.4 Å². The predicted octanol–water partition coefficient (Wildman–Crippen LogP) is 2.81. The van der Waals surface area contributed by atoms with Crippen molar-refractivity contribution in [3.63, 3.8) is 0 Å². The molecule has 0 fully saturated rings. The van der Waals surface area contributed by atoms with Crippen LogP contribution in [-0.2, 0) is 0 Å². The average Bonchev–Trinajstić information content (AvgIpc) is 2.92. The molecule has 2 N–H and O–H groups in total. The van der Waals surface area contributed by atoms with E-state index in [4.69, 9.17) is 0 Å². The molecular formula is C13H14FN3OS. The van der Waals surface area contributed by atoms with E-state index in [0.29, 0.717) is 5.82 Å². The lowest BCUT2D eigenvalue weighted by atomic mass is 10.2. The molecule has 1 atom stereocenters. The highest BCUT2D eigenvalue weighted by Crippen LogP contribution is 2.20. The zero-order valence-corrected chi connectivity index (χ0v) is 11.4. The van der Waals surface area contributed by atoms with Gasteiger partial charge in [-0.2, -0.15) is 0 Å². The van der Waals surface area contributed by atoms with Gasteiger partial charge < -0.3 is 10.6 Å². The van der Waals surface area contributed by atoms with Gasteiger partial charge in [0.25, 0.3) is 5.91 Å². The summed E-state index contributed by atoms with van der Waals surface area (Å²) in [5, 5.41) is 7.55. The van der Waals surface area contributed by atoms with Gasteiger partial charge >= 0.3 is 0 Å². The number of amides is 1. The Balaban J connectivity index is 2.18. The van der Waals surface area contributed by atoms with E-state index in [1.807, 2.05) is 24.4 Å². The first-order valence-corrected chi connectivity index (χ1v) is 6.67. The van der Waals surface area contributed by atoms with E-state index in [-0.39, 0.29) is 17.5 Å². The number of rotatable bonds is 4. The Bertz CT molecular complexity index is 571. The summed E-state index contributed by atoms with van der Waals surface area (Å²) in [6.45, 7) is 1.88. The summed E-state index contributed by atoms with van der Waals surface area (Å²) >= 11 is 1.56. The first-order chi connectivity index (χ1) is 9.11. The summed E-state index contributed by atoms with van der Waals surface area (Å²) < 4.78 is 13.2. The van der Waals surface area contributed by atoms with E-state index in [2.05, 4.69) is 15.6 Å². The summed E-state index contributed by atoms with van der Waals surface area (Å²) in [6.07, 6.45) is 1.07. The van der Waals surface area contributed by atoms with Crippen LogP contribution < -0.4 is 10.6 Å². The molecule has 0 aliphatic carbocycles. The predicted molar refractivity (Wildman–Crippen MR) is 73.9 cm³/mol. The molecule has 1 unspecified atom stereocenters. The van der Waals surface area contributed by atoms with Gasteiger partial charge in [-0.05, 0) is 24.4 Å². The molecule has 0 bridgehead atoms. The monoisotopic (exact) mass is 279 g/mol. The van der Waals surface area contributed by atoms with Gasteiger partial charge in [0.2, 0.25) is 0 Å². The van der Waals surface area contributed by atoms with Crippen molar-refractivity contribution < 1.29 is 9.18 Å². The second-order valence-electron chi connectivity index (χ2n) is 4.01. The highest BCUT2D eigenvalue weighted by atomic mass is 32.1. The Morgan fingerprint density at radius 2 is 2.32 bits per heavy atom. The van der Waals surface area contributed by atoms with E-state index in [1.165, 1.54) is 6.07 Å². The van der Waals surface area contributed by atoms with Crippen molar-refractivity contribution in [3.05, 3.63) is 46.0 Å². The molecule has 0 aromatic carbocycles. The quantitative estimate of drug-likeness (QED) is 0.905. The lowest BCUT2D eigenvalue weighted by Gasteiger charge is -2.14. The molecular weight excluding hydrogens is 265 g/mol. The van der Waals surface area contributed by atoms with Gasteiger partial charge in [0.05, 0.1) is 17.8 Å². The zero-order valence-electron chi connectivity index (χ0n) is 10.6. The Hall–Kier alpha value is -1.95. The van der Waals surface area contributed by atoms with Gasteiger partial charge in [-0.3, -0.25) is 4.79 Å². The van der Waals surface area contributed by atoms with E-state index in [9.17, 15) is 9.18 Å². The number of aromatic nitrogens is 1. The number of thiophene rings is 1. The van der Waals surface area contributed by atoms with E-state index in [1.54, 1.807) is 18.4 Å². The maximum absolute atomic E-state index is 13.2. The van der Waals surface area contributed by atoms with Crippen LogP contribution in [0.2, 0.25) is 0 Å². The first-order valence-electron chi connectivity index (χ1n) is 5.79. The largest absolute Gasteiger partial charge is 0.372 e. The molecule has 0 radical (unpaired) electrons. The summed E-state index contributed by atoms with van der Waals surface area (Å²) in [6, 6.07) is 4.92. The van der Waals surface area contributed by atoms with Gasteiger partial charge in [-0.15, -0.1) is 11.3 Å². The third kappa shape index (κ3) is 3.08. The third-order valence-electron chi connectivity index (χ3n) is 2.65. The fourth-order valence-electron chi connectivity index (χ4n) is 1.69. The Labute approximate surface area is 114 Å². The van der Waals surface area contributed by atoms with Crippen molar-refractivity contribution in [3.8, 4) is 0 Å². The van der Waals surface area contributed by atoms with E-state index >= 15 is 0 Å². The van der Waals surface area contributed by atoms with Crippen molar-refractivity contribution in [1.82, 2.24) is 10.3 Å². The Morgan fingerprint density at radius 3 is 2.95 bits per heavy atom. The average molecular weight is 279 g/mol. The molecule has 0 aliphatic rings. The molecule has 19 heavy (non-hydrogen) atoms. The van der Waals surface area contributed by atoms with Crippen LogP contribution in [0.4, 0.5) is 10.2 Å². The minimum Gasteiger partial charge on any atom is -0.372 e. The molecule has 1 amide bonds. The van der Waals surface area contributed by atoms with Gasteiger partial charge in [0, 0.05) is 11.9 Å². The van der Waals surface area contributed by atoms with E-state index < -0.39 is 5.82 Å². The maximum Gasteiger partial charge on any atom is 0.255 e. The normalized spacial score (nSPS) is 11.9. The molecule has 0 spiro atoms. The number of halogens is 1. The van der Waals surface area contributed by atoms with Crippen LogP contribution >= 0.6 is 11.3 Å². The lowest BCUT2D eigenvalue weighted by Crippen LogP contribution is -2.27. The fraction of sp³-hybridized carbons (Fsp3) is 0.231. The van der Waals surface area contributed by atoms with Gasteiger partial charge in [-0.1, -0.05) is 6.07 Å². The summed E-state index contributed by atoms with van der Waals surface area (Å²) in [5.41, 5.74) is 0.200. The maximum atomic E-state index is 13.2. The molecule has 100 valence electrons. The molecule has 0 saturated heterocycles. The summed E-state index contributed by atoms with van der Waals surface area (Å²) in [5.74, 6) is -0.526. The van der Waals surface area contributed by atoms with Crippen LogP contribution in [0.5, 0.6) is 0 Å². The Morgan fingerprint density at radius 1 is 1.53 bits per heavy atom. The highest BCUT2D eigenvalue weighted by molar-refractivity contribution is 7.10. The molecule has 6 heteroatoms. The number of hydrogen-bond donors (Lipinski definition) is 2. The van der Waals surface area contributed by atoms with Crippen LogP contribution in [-0.4, -0.2) is 17.9 Å². The van der Waals surface area contributed by atoms with Gasteiger partial charge in [0.1, 0.15) is 11.6 Å². The number of pyridine rings is 1. The van der Waals surface area contributed by atoms with E-state index in [0.717, 1.165) is 11.1 Å². The second kappa shape index (κ2) is 5.79. The third-order valence-corrected chi connectivity index (χ3v) is 3.71. The second-order valence-corrected chi connectivity index (χ2v) is 4.99. The molecule has 2 aromatic rings. The molecule has 2 aromatic heterocycles. The van der Waals surface area contributed by atoms with Crippen LogP contribution in [0, 0.1) is 5.82 Å². The minimum atomic E-state index is -0.534. The number of hydrogen-bond acceptors (Lipinski definition) is 4. The number of anilines is 1. The summed E-state index contributed by atoms with van der Waals surface area (Å²) in [4.78, 5) is 17.0. The molecule has 4 nitrogen and oxygen atoms in total. The Kier molecular flexibility index (Phi) is 4.11. The number of nitrogens with one attached hydrogen (secondary N) is 2. The van der Waals surface area contributed by atoms with Crippen LogP contribution in [0.15, 0.2) is 29.8 Å². The van der Waals surface area contributed by atoms with Crippen molar-refractivity contribution in [2.24, 2.45) is 0 Å². The molecule has 0 saturated carbocycles. The van der Waals surface area contributed by atoms with Gasteiger partial charge in [-0.25, -0.2) is 9.37 Å². The number of carbonyl (C=O) groups is 1. The highest BCUT2D eigenvalue weighted by Gasteiger charge is 2.16. The van der Waals surface area contributed by atoms with Crippen LogP contribution in [0.1, 0.15) is 28.2 Å². The van der Waals surface area contributed by atoms with Gasteiger partial charge in [0.15, 0.2) is 0 Å². The zero-order chi connectivity index (χ0) is 13.8. The number of nitrogens with zero attached hydrogens (tertiary/aromatic N) is 1. The van der Waals surface area contributed by atoms with Crippen molar-refractivity contribution in [1.29, 1.82) is 0 Å². The topological polar surface area (TPSA) is 54.0 Å². The minimum absolute atomic E-state index is 0.125. The SMILES string of the molecule is CNc1ncc(F)cc1C(=O)NC(C)c1cccs1.